The van der Waals surface area contributed by atoms with Gasteiger partial charge in [-0.2, -0.15) is 5.26 Å². The second kappa shape index (κ2) is 7.56. The Morgan fingerprint density at radius 3 is 2.67 bits per heavy atom. The molecule has 0 bridgehead atoms. The van der Waals surface area contributed by atoms with Crippen molar-refractivity contribution < 1.29 is 4.74 Å². The molecule has 0 amide bonds. The minimum Gasteiger partial charge on any atom is -0.374 e. The Labute approximate surface area is 127 Å². The van der Waals surface area contributed by atoms with Gasteiger partial charge in [-0.3, -0.25) is 4.90 Å². The van der Waals surface area contributed by atoms with E-state index in [1.165, 1.54) is 5.56 Å². The molecule has 1 N–H and O–H groups in total. The highest BCUT2D eigenvalue weighted by molar-refractivity contribution is 5.32. The van der Waals surface area contributed by atoms with Crippen LogP contribution in [0.1, 0.15) is 37.9 Å². The molecule has 21 heavy (non-hydrogen) atoms. The number of hydrogen-bond acceptors (Lipinski definition) is 4. The average molecular weight is 287 g/mol. The minimum atomic E-state index is 0.252. The van der Waals surface area contributed by atoms with Gasteiger partial charge in [-0.15, -0.1) is 0 Å². The Balaban J connectivity index is 1.83. The van der Waals surface area contributed by atoms with Crippen LogP contribution in [-0.4, -0.2) is 43.3 Å². The van der Waals surface area contributed by atoms with E-state index in [1.807, 2.05) is 24.3 Å². The van der Waals surface area contributed by atoms with Crippen LogP contribution in [0.3, 0.4) is 0 Å². The first kappa shape index (κ1) is 16.0. The number of nitrogens with zero attached hydrogens (tertiary/aromatic N) is 2. The van der Waals surface area contributed by atoms with Gasteiger partial charge in [-0.1, -0.05) is 12.1 Å². The Kier molecular flexibility index (Phi) is 5.75. The fourth-order valence-electron chi connectivity index (χ4n) is 2.61. The fourth-order valence-corrected chi connectivity index (χ4v) is 2.61. The number of nitrogens with one attached hydrogen (secondary N) is 1. The van der Waals surface area contributed by atoms with Gasteiger partial charge in [-0.25, -0.2) is 0 Å². The standard InChI is InChI=1S/C17H25N3O/c1-13(2)20-8-9-21-17(12-20)11-19-14(3)16-6-4-15(10-18)5-7-16/h4-7,13-14,17,19H,8-9,11-12H2,1-3H3. The lowest BCUT2D eigenvalue weighted by molar-refractivity contribution is -0.0379. The van der Waals surface area contributed by atoms with Crippen LogP contribution >= 0.6 is 0 Å². The molecular weight excluding hydrogens is 262 g/mol. The largest absolute Gasteiger partial charge is 0.374 e. The van der Waals surface area contributed by atoms with Gasteiger partial charge in [0.1, 0.15) is 0 Å². The highest BCUT2D eigenvalue weighted by atomic mass is 16.5. The molecule has 114 valence electrons. The van der Waals surface area contributed by atoms with E-state index in [-0.39, 0.29) is 12.1 Å². The van der Waals surface area contributed by atoms with E-state index in [1.54, 1.807) is 0 Å². The van der Waals surface area contributed by atoms with Gasteiger partial charge in [0, 0.05) is 31.7 Å². The van der Waals surface area contributed by atoms with Crippen LogP contribution < -0.4 is 5.32 Å². The SMILES string of the molecule is CC(NCC1CN(C(C)C)CCO1)c1ccc(C#N)cc1. The summed E-state index contributed by atoms with van der Waals surface area (Å²) in [4.78, 5) is 2.46. The Morgan fingerprint density at radius 2 is 2.05 bits per heavy atom. The Morgan fingerprint density at radius 1 is 1.33 bits per heavy atom. The summed E-state index contributed by atoms with van der Waals surface area (Å²) in [6.45, 7) is 10.3. The van der Waals surface area contributed by atoms with Gasteiger partial charge in [0.25, 0.3) is 0 Å². The van der Waals surface area contributed by atoms with E-state index >= 15 is 0 Å². The van der Waals surface area contributed by atoms with Gasteiger partial charge in [0.05, 0.1) is 24.3 Å². The van der Waals surface area contributed by atoms with Crippen LogP contribution in [0.15, 0.2) is 24.3 Å². The molecule has 1 aromatic rings. The first-order valence-corrected chi connectivity index (χ1v) is 7.69. The summed E-state index contributed by atoms with van der Waals surface area (Å²) >= 11 is 0. The highest BCUT2D eigenvalue weighted by Crippen LogP contribution is 2.14. The summed E-state index contributed by atoms with van der Waals surface area (Å²) in [5, 5.41) is 12.4. The molecule has 4 nitrogen and oxygen atoms in total. The second-order valence-electron chi connectivity index (χ2n) is 5.95. The van der Waals surface area contributed by atoms with Gasteiger partial charge in [0.2, 0.25) is 0 Å². The van der Waals surface area contributed by atoms with Gasteiger partial charge in [-0.05, 0) is 38.5 Å². The summed E-state index contributed by atoms with van der Waals surface area (Å²) in [7, 11) is 0. The lowest BCUT2D eigenvalue weighted by atomic mass is 10.1. The third-order valence-electron chi connectivity index (χ3n) is 4.09. The average Bonchev–Trinajstić information content (AvgIpc) is 2.53. The molecule has 0 aliphatic carbocycles. The van der Waals surface area contributed by atoms with Crippen LogP contribution in [0.5, 0.6) is 0 Å². The number of nitriles is 1. The molecule has 1 aliphatic heterocycles. The lowest BCUT2D eigenvalue weighted by Crippen LogP contribution is -2.49. The zero-order valence-electron chi connectivity index (χ0n) is 13.2. The number of morpholine rings is 1. The van der Waals surface area contributed by atoms with Crippen LogP contribution in [0.2, 0.25) is 0 Å². The van der Waals surface area contributed by atoms with Gasteiger partial charge >= 0.3 is 0 Å². The molecule has 2 rings (SSSR count). The monoisotopic (exact) mass is 287 g/mol. The topological polar surface area (TPSA) is 48.3 Å². The maximum Gasteiger partial charge on any atom is 0.0991 e. The van der Waals surface area contributed by atoms with E-state index in [2.05, 4.69) is 37.1 Å². The zero-order valence-corrected chi connectivity index (χ0v) is 13.2. The van der Waals surface area contributed by atoms with Crippen molar-refractivity contribution in [2.24, 2.45) is 0 Å². The predicted molar refractivity (Wildman–Crippen MR) is 84.0 cm³/mol. The van der Waals surface area contributed by atoms with E-state index in [9.17, 15) is 0 Å². The maximum atomic E-state index is 8.82. The highest BCUT2D eigenvalue weighted by Gasteiger charge is 2.22. The van der Waals surface area contributed by atoms with Gasteiger partial charge in [0.15, 0.2) is 0 Å². The zero-order chi connectivity index (χ0) is 15.2. The van der Waals surface area contributed by atoms with Gasteiger partial charge < -0.3 is 10.1 Å². The number of ether oxygens (including phenoxy) is 1. The van der Waals surface area contributed by atoms with Crippen molar-refractivity contribution in [3.8, 4) is 6.07 Å². The summed E-state index contributed by atoms with van der Waals surface area (Å²) < 4.78 is 5.83. The molecule has 0 spiro atoms. The first-order valence-electron chi connectivity index (χ1n) is 7.69. The van der Waals surface area contributed by atoms with Crippen LogP contribution in [0, 0.1) is 11.3 Å². The molecule has 1 aromatic carbocycles. The molecule has 1 fully saturated rings. The Bertz CT molecular complexity index is 478. The molecule has 4 heteroatoms. The van der Waals surface area contributed by atoms with Crippen LogP contribution in [0.25, 0.3) is 0 Å². The van der Waals surface area contributed by atoms with E-state index in [0.29, 0.717) is 11.6 Å². The molecular formula is C17H25N3O. The molecule has 2 unspecified atom stereocenters. The maximum absolute atomic E-state index is 8.82. The lowest BCUT2D eigenvalue weighted by Gasteiger charge is -2.36. The quantitative estimate of drug-likeness (QED) is 0.903. The van der Waals surface area contributed by atoms with Crippen molar-refractivity contribution in [3.05, 3.63) is 35.4 Å². The van der Waals surface area contributed by atoms with Crippen molar-refractivity contribution in [1.29, 1.82) is 5.26 Å². The van der Waals surface area contributed by atoms with Crippen molar-refractivity contribution in [2.45, 2.75) is 39.0 Å². The van der Waals surface area contributed by atoms with Crippen molar-refractivity contribution in [1.82, 2.24) is 10.2 Å². The van der Waals surface area contributed by atoms with Crippen molar-refractivity contribution in [3.63, 3.8) is 0 Å². The third-order valence-corrected chi connectivity index (χ3v) is 4.09. The number of benzene rings is 1. The smallest absolute Gasteiger partial charge is 0.0991 e. The molecule has 2 atom stereocenters. The number of hydrogen-bond donors (Lipinski definition) is 1. The molecule has 0 aromatic heterocycles. The van der Waals surface area contributed by atoms with Crippen molar-refractivity contribution >= 4 is 0 Å². The molecule has 0 radical (unpaired) electrons. The van der Waals surface area contributed by atoms with Crippen molar-refractivity contribution in [2.75, 3.05) is 26.2 Å². The minimum absolute atomic E-state index is 0.252. The molecule has 0 saturated carbocycles. The van der Waals surface area contributed by atoms with Crippen LogP contribution in [0.4, 0.5) is 0 Å². The fraction of sp³-hybridized carbons (Fsp3) is 0.588. The van der Waals surface area contributed by atoms with E-state index in [4.69, 9.17) is 10.00 Å². The van der Waals surface area contributed by atoms with E-state index in [0.717, 1.165) is 26.2 Å². The first-order chi connectivity index (χ1) is 10.1. The second-order valence-corrected chi connectivity index (χ2v) is 5.95. The molecule has 1 saturated heterocycles. The number of rotatable bonds is 5. The van der Waals surface area contributed by atoms with E-state index < -0.39 is 0 Å². The predicted octanol–water partition coefficient (Wildman–Crippen LogP) is 2.32. The summed E-state index contributed by atoms with van der Waals surface area (Å²) in [6.07, 6.45) is 0.252. The van der Waals surface area contributed by atoms with Crippen LogP contribution in [-0.2, 0) is 4.74 Å². The molecule has 1 heterocycles. The Hall–Kier alpha value is -1.41. The summed E-state index contributed by atoms with van der Waals surface area (Å²) in [5.74, 6) is 0. The summed E-state index contributed by atoms with van der Waals surface area (Å²) in [6, 6.07) is 10.7. The molecule has 1 aliphatic rings. The normalized spacial score (nSPS) is 21.2. The summed E-state index contributed by atoms with van der Waals surface area (Å²) in [5.41, 5.74) is 1.90. The third kappa shape index (κ3) is 4.53.